The molecule has 0 radical (unpaired) electrons. The van der Waals surface area contributed by atoms with Crippen molar-refractivity contribution in [1.82, 2.24) is 4.98 Å². The van der Waals surface area contributed by atoms with Gasteiger partial charge in [-0.05, 0) is 31.4 Å². The first-order chi connectivity index (χ1) is 9.11. The first kappa shape index (κ1) is 14.1. The highest BCUT2D eigenvalue weighted by Gasteiger charge is 2.23. The number of rotatable bonds is 5. The molecule has 1 aromatic rings. The first-order valence-corrected chi connectivity index (χ1v) is 7.87. The average molecular weight is 286 g/mol. The average Bonchev–Trinajstić information content (AvgIpc) is 2.39. The summed E-state index contributed by atoms with van der Waals surface area (Å²) in [6, 6.07) is 3.27. The molecule has 1 aliphatic rings. The quantitative estimate of drug-likeness (QED) is 0.885. The molecule has 1 aromatic heterocycles. The summed E-state index contributed by atoms with van der Waals surface area (Å²) in [6.45, 7) is 0.635. The molecule has 106 valence electrons. The van der Waals surface area contributed by atoms with Gasteiger partial charge >= 0.3 is 0 Å². The third kappa shape index (κ3) is 4.07. The van der Waals surface area contributed by atoms with Crippen LogP contribution in [-0.2, 0) is 14.8 Å². The van der Waals surface area contributed by atoms with Gasteiger partial charge in [0.15, 0.2) is 0 Å². The van der Waals surface area contributed by atoms with Gasteiger partial charge in [0.2, 0.25) is 15.9 Å². The standard InChI is InChI=1S/C12H18N2O4S/c1-17-12-11(6-4-7-13-12)14-19(15,16)9-10-5-2-3-8-18-10/h4,6-7,10,14H,2-3,5,8-9H2,1H3. The number of hydrogen-bond acceptors (Lipinski definition) is 5. The van der Waals surface area contributed by atoms with E-state index in [2.05, 4.69) is 9.71 Å². The van der Waals surface area contributed by atoms with E-state index in [9.17, 15) is 8.42 Å². The van der Waals surface area contributed by atoms with E-state index in [-0.39, 0.29) is 17.7 Å². The van der Waals surface area contributed by atoms with Crippen LogP contribution >= 0.6 is 0 Å². The van der Waals surface area contributed by atoms with Gasteiger partial charge in [-0.1, -0.05) is 0 Å². The Morgan fingerprint density at radius 1 is 1.53 bits per heavy atom. The number of nitrogens with one attached hydrogen (secondary N) is 1. The molecule has 0 aromatic carbocycles. The monoisotopic (exact) mass is 286 g/mol. The van der Waals surface area contributed by atoms with Crippen molar-refractivity contribution < 1.29 is 17.9 Å². The molecule has 2 rings (SSSR count). The summed E-state index contributed by atoms with van der Waals surface area (Å²) < 4.78 is 37.1. The van der Waals surface area contributed by atoms with Crippen molar-refractivity contribution in [2.75, 3.05) is 24.2 Å². The molecular formula is C12H18N2O4S. The van der Waals surface area contributed by atoms with Gasteiger partial charge in [0.1, 0.15) is 5.69 Å². The largest absolute Gasteiger partial charge is 0.480 e. The minimum atomic E-state index is -3.46. The zero-order chi connectivity index (χ0) is 13.7. The summed E-state index contributed by atoms with van der Waals surface area (Å²) in [6.07, 6.45) is 4.11. The molecule has 0 saturated carbocycles. The van der Waals surface area contributed by atoms with Crippen molar-refractivity contribution in [2.24, 2.45) is 0 Å². The van der Waals surface area contributed by atoms with E-state index in [1.54, 1.807) is 18.3 Å². The molecule has 1 N–H and O–H groups in total. The van der Waals surface area contributed by atoms with Crippen molar-refractivity contribution in [3.8, 4) is 5.88 Å². The lowest BCUT2D eigenvalue weighted by Crippen LogP contribution is -2.31. The number of anilines is 1. The van der Waals surface area contributed by atoms with E-state index >= 15 is 0 Å². The van der Waals surface area contributed by atoms with Crippen LogP contribution in [0, 0.1) is 0 Å². The molecular weight excluding hydrogens is 268 g/mol. The van der Waals surface area contributed by atoms with Crippen LogP contribution in [0.25, 0.3) is 0 Å². The summed E-state index contributed by atoms with van der Waals surface area (Å²) in [5, 5.41) is 0. The number of pyridine rings is 1. The Balaban J connectivity index is 2.03. The second-order valence-electron chi connectivity index (χ2n) is 4.43. The van der Waals surface area contributed by atoms with Gasteiger partial charge in [-0.3, -0.25) is 4.72 Å². The van der Waals surface area contributed by atoms with Crippen molar-refractivity contribution in [3.05, 3.63) is 18.3 Å². The molecule has 2 heterocycles. The second-order valence-corrected chi connectivity index (χ2v) is 6.20. The van der Waals surface area contributed by atoms with Crippen LogP contribution < -0.4 is 9.46 Å². The normalized spacial score (nSPS) is 19.9. The van der Waals surface area contributed by atoms with Crippen molar-refractivity contribution >= 4 is 15.7 Å². The molecule has 1 fully saturated rings. The maximum Gasteiger partial charge on any atom is 0.238 e. The SMILES string of the molecule is COc1ncccc1NS(=O)(=O)CC1CCCCO1. The topological polar surface area (TPSA) is 77.5 Å². The molecule has 1 unspecified atom stereocenters. The Bertz CT molecular complexity index is 512. The highest BCUT2D eigenvalue weighted by Crippen LogP contribution is 2.22. The molecule has 1 aliphatic heterocycles. The fourth-order valence-electron chi connectivity index (χ4n) is 2.02. The van der Waals surface area contributed by atoms with Crippen LogP contribution in [0.5, 0.6) is 5.88 Å². The number of sulfonamides is 1. The fourth-order valence-corrected chi connectivity index (χ4v) is 3.35. The van der Waals surface area contributed by atoms with Crippen LogP contribution in [0.4, 0.5) is 5.69 Å². The number of methoxy groups -OCH3 is 1. The van der Waals surface area contributed by atoms with E-state index in [0.717, 1.165) is 19.3 Å². The van der Waals surface area contributed by atoms with E-state index in [1.807, 2.05) is 0 Å². The lowest BCUT2D eigenvalue weighted by Gasteiger charge is -2.22. The van der Waals surface area contributed by atoms with Crippen molar-refractivity contribution in [1.29, 1.82) is 0 Å². The first-order valence-electron chi connectivity index (χ1n) is 6.22. The summed E-state index contributed by atoms with van der Waals surface area (Å²) in [7, 11) is -2.01. The van der Waals surface area contributed by atoms with Gasteiger partial charge in [0, 0.05) is 12.8 Å². The number of hydrogen-bond donors (Lipinski definition) is 1. The van der Waals surface area contributed by atoms with Crippen molar-refractivity contribution in [2.45, 2.75) is 25.4 Å². The Morgan fingerprint density at radius 3 is 3.05 bits per heavy atom. The molecule has 0 spiro atoms. The molecule has 1 atom stereocenters. The van der Waals surface area contributed by atoms with Gasteiger partial charge in [-0.2, -0.15) is 0 Å². The van der Waals surface area contributed by atoms with Crippen LogP contribution in [0.1, 0.15) is 19.3 Å². The highest BCUT2D eigenvalue weighted by molar-refractivity contribution is 7.92. The smallest absolute Gasteiger partial charge is 0.238 e. The molecule has 0 aliphatic carbocycles. The minimum absolute atomic E-state index is 0.0367. The number of nitrogens with zero attached hydrogens (tertiary/aromatic N) is 1. The predicted octanol–water partition coefficient (Wildman–Crippen LogP) is 1.40. The maximum absolute atomic E-state index is 12.1. The zero-order valence-electron chi connectivity index (χ0n) is 10.8. The Kier molecular flexibility index (Phi) is 4.60. The van der Waals surface area contributed by atoms with Crippen molar-refractivity contribution in [3.63, 3.8) is 0 Å². The Morgan fingerprint density at radius 2 is 2.37 bits per heavy atom. The lowest BCUT2D eigenvalue weighted by molar-refractivity contribution is 0.0306. The number of ether oxygens (including phenoxy) is 2. The van der Waals surface area contributed by atoms with E-state index in [1.165, 1.54) is 7.11 Å². The van der Waals surface area contributed by atoms with Gasteiger partial charge in [0.25, 0.3) is 0 Å². The minimum Gasteiger partial charge on any atom is -0.480 e. The summed E-state index contributed by atoms with van der Waals surface area (Å²) in [5.41, 5.74) is 0.348. The third-order valence-electron chi connectivity index (χ3n) is 2.91. The van der Waals surface area contributed by atoms with Gasteiger partial charge in [0.05, 0.1) is 19.0 Å². The Labute approximate surface area is 113 Å². The fraction of sp³-hybridized carbons (Fsp3) is 0.583. The third-order valence-corrected chi connectivity index (χ3v) is 4.25. The predicted molar refractivity (Wildman–Crippen MR) is 71.8 cm³/mol. The molecule has 0 bridgehead atoms. The molecule has 1 saturated heterocycles. The number of aromatic nitrogens is 1. The molecule has 6 nitrogen and oxygen atoms in total. The van der Waals surface area contributed by atoms with Crippen LogP contribution in [0.2, 0.25) is 0 Å². The highest BCUT2D eigenvalue weighted by atomic mass is 32.2. The Hall–Kier alpha value is -1.34. The van der Waals surface area contributed by atoms with E-state index in [4.69, 9.17) is 9.47 Å². The summed E-state index contributed by atoms with van der Waals surface area (Å²) in [4.78, 5) is 3.95. The van der Waals surface area contributed by atoms with Crippen LogP contribution in [-0.4, -0.2) is 39.0 Å². The lowest BCUT2D eigenvalue weighted by atomic mass is 10.1. The zero-order valence-corrected chi connectivity index (χ0v) is 11.6. The van der Waals surface area contributed by atoms with Gasteiger partial charge < -0.3 is 9.47 Å². The molecule has 7 heteroatoms. The van der Waals surface area contributed by atoms with Gasteiger partial charge in [-0.25, -0.2) is 13.4 Å². The summed E-state index contributed by atoms with van der Waals surface area (Å²) >= 11 is 0. The summed E-state index contributed by atoms with van der Waals surface area (Å²) in [5.74, 6) is 0.223. The van der Waals surface area contributed by atoms with E-state index < -0.39 is 10.0 Å². The van der Waals surface area contributed by atoms with Crippen LogP contribution in [0.15, 0.2) is 18.3 Å². The van der Waals surface area contributed by atoms with Gasteiger partial charge in [-0.15, -0.1) is 0 Å². The maximum atomic E-state index is 12.1. The second kappa shape index (κ2) is 6.21. The molecule has 0 amide bonds. The van der Waals surface area contributed by atoms with E-state index in [0.29, 0.717) is 12.3 Å². The molecule has 19 heavy (non-hydrogen) atoms. The van der Waals surface area contributed by atoms with Crippen LogP contribution in [0.3, 0.4) is 0 Å².